The van der Waals surface area contributed by atoms with Crippen molar-refractivity contribution in [2.75, 3.05) is 36.0 Å². The van der Waals surface area contributed by atoms with Crippen molar-refractivity contribution in [1.29, 1.82) is 0 Å². The first kappa shape index (κ1) is 18.1. The topological polar surface area (TPSA) is 61.4 Å². The zero-order valence-electron chi connectivity index (χ0n) is 14.8. The highest BCUT2D eigenvalue weighted by Crippen LogP contribution is 2.37. The molecule has 0 aromatic heterocycles. The van der Waals surface area contributed by atoms with Crippen molar-refractivity contribution >= 4 is 29.3 Å². The number of thioether (sulfide) groups is 1. The Morgan fingerprint density at radius 3 is 2.48 bits per heavy atom. The van der Waals surface area contributed by atoms with E-state index in [2.05, 4.69) is 46.7 Å². The van der Waals surface area contributed by atoms with Crippen LogP contribution in [0.2, 0.25) is 0 Å². The molecule has 1 aromatic rings. The fraction of sp³-hybridized carbons (Fsp3) is 0.579. The molecule has 0 spiro atoms. The van der Waals surface area contributed by atoms with E-state index in [1.165, 1.54) is 17.2 Å². The van der Waals surface area contributed by atoms with Crippen LogP contribution in [-0.2, 0) is 16.1 Å². The predicted octanol–water partition coefficient (Wildman–Crippen LogP) is 2.02. The van der Waals surface area contributed by atoms with Gasteiger partial charge in [0.25, 0.3) is 0 Å². The summed E-state index contributed by atoms with van der Waals surface area (Å²) < 4.78 is 0. The molecule has 25 heavy (non-hydrogen) atoms. The number of amides is 2. The van der Waals surface area contributed by atoms with Gasteiger partial charge in [-0.05, 0) is 30.0 Å². The highest BCUT2D eigenvalue weighted by molar-refractivity contribution is 7.99. The van der Waals surface area contributed by atoms with E-state index in [9.17, 15) is 9.59 Å². The van der Waals surface area contributed by atoms with Crippen LogP contribution in [0.5, 0.6) is 0 Å². The molecule has 2 atom stereocenters. The first-order chi connectivity index (χ1) is 12.1. The van der Waals surface area contributed by atoms with E-state index >= 15 is 0 Å². The van der Waals surface area contributed by atoms with Crippen LogP contribution in [0.4, 0.5) is 5.69 Å². The van der Waals surface area contributed by atoms with Crippen LogP contribution in [0, 0.1) is 11.8 Å². The molecule has 2 fully saturated rings. The van der Waals surface area contributed by atoms with Crippen LogP contribution in [-0.4, -0.2) is 43.0 Å². The number of hydrogen-bond donors (Lipinski definition) is 2. The number of hydrogen-bond acceptors (Lipinski definition) is 4. The third kappa shape index (κ3) is 5.39. The number of benzene rings is 1. The van der Waals surface area contributed by atoms with Gasteiger partial charge in [0.15, 0.2) is 0 Å². The standard InChI is InChI=1S/C19H27N3O2S/c1-14-12-17(14)19(24)20-7-6-18(23)21-13-15-2-4-16(5-3-15)22-8-10-25-11-9-22/h2-5,14,17H,6-13H2,1H3,(H,20,24)(H,21,23)/t14-,17+/m0/s1. The van der Waals surface area contributed by atoms with E-state index in [-0.39, 0.29) is 17.7 Å². The van der Waals surface area contributed by atoms with Crippen molar-refractivity contribution in [3.05, 3.63) is 29.8 Å². The highest BCUT2D eigenvalue weighted by Gasteiger charge is 2.38. The zero-order chi connectivity index (χ0) is 17.6. The summed E-state index contributed by atoms with van der Waals surface area (Å²) >= 11 is 2.01. The van der Waals surface area contributed by atoms with Crippen LogP contribution in [0.25, 0.3) is 0 Å². The average Bonchev–Trinajstić information content (AvgIpc) is 3.38. The van der Waals surface area contributed by atoms with Gasteiger partial charge in [-0.15, -0.1) is 0 Å². The summed E-state index contributed by atoms with van der Waals surface area (Å²) in [6.07, 6.45) is 1.31. The number of carbonyl (C=O) groups is 2. The Balaban J connectivity index is 1.34. The Morgan fingerprint density at radius 2 is 1.84 bits per heavy atom. The Hall–Kier alpha value is -1.69. The first-order valence-corrected chi connectivity index (χ1v) is 10.2. The number of rotatable bonds is 7. The summed E-state index contributed by atoms with van der Waals surface area (Å²) in [5.74, 6) is 3.11. The van der Waals surface area contributed by atoms with Crippen LogP contribution < -0.4 is 15.5 Å². The molecule has 3 rings (SSSR count). The minimum atomic E-state index is -0.0266. The average molecular weight is 362 g/mol. The highest BCUT2D eigenvalue weighted by atomic mass is 32.2. The lowest BCUT2D eigenvalue weighted by Gasteiger charge is -2.28. The van der Waals surface area contributed by atoms with Gasteiger partial charge in [-0.2, -0.15) is 11.8 Å². The SMILES string of the molecule is C[C@H]1C[C@H]1C(=O)NCCC(=O)NCc1ccc(N2CCSCC2)cc1. The number of anilines is 1. The summed E-state index contributed by atoms with van der Waals surface area (Å²) in [6, 6.07) is 8.42. The van der Waals surface area contributed by atoms with E-state index in [4.69, 9.17) is 0 Å². The van der Waals surface area contributed by atoms with Gasteiger partial charge >= 0.3 is 0 Å². The molecule has 0 radical (unpaired) electrons. The maximum Gasteiger partial charge on any atom is 0.223 e. The van der Waals surface area contributed by atoms with Crippen LogP contribution >= 0.6 is 11.8 Å². The molecular formula is C19H27N3O2S. The van der Waals surface area contributed by atoms with Gasteiger partial charge in [-0.3, -0.25) is 9.59 Å². The second-order valence-corrected chi connectivity index (χ2v) is 8.13. The lowest BCUT2D eigenvalue weighted by molar-refractivity contribution is -0.123. The molecule has 136 valence electrons. The molecule has 1 saturated heterocycles. The number of nitrogens with zero attached hydrogens (tertiary/aromatic N) is 1. The quantitative estimate of drug-likeness (QED) is 0.780. The Labute approximate surface area is 153 Å². The predicted molar refractivity (Wildman–Crippen MR) is 103 cm³/mol. The molecule has 1 heterocycles. The van der Waals surface area contributed by atoms with Gasteiger partial charge < -0.3 is 15.5 Å². The number of nitrogens with one attached hydrogen (secondary N) is 2. The lowest BCUT2D eigenvalue weighted by atomic mass is 10.2. The molecule has 1 aliphatic carbocycles. The molecule has 1 aliphatic heterocycles. The minimum Gasteiger partial charge on any atom is -0.370 e. The normalized spacial score (nSPS) is 22.4. The van der Waals surface area contributed by atoms with Crippen molar-refractivity contribution in [1.82, 2.24) is 10.6 Å². The second-order valence-electron chi connectivity index (χ2n) is 6.90. The lowest BCUT2D eigenvalue weighted by Crippen LogP contribution is -2.32. The molecule has 2 amide bonds. The van der Waals surface area contributed by atoms with Gasteiger partial charge in [0, 0.05) is 55.7 Å². The summed E-state index contributed by atoms with van der Waals surface area (Å²) in [4.78, 5) is 26.0. The van der Waals surface area contributed by atoms with Crippen LogP contribution in [0.1, 0.15) is 25.3 Å². The molecule has 6 heteroatoms. The van der Waals surface area contributed by atoms with Crippen molar-refractivity contribution < 1.29 is 9.59 Å². The van der Waals surface area contributed by atoms with Crippen molar-refractivity contribution in [2.24, 2.45) is 11.8 Å². The summed E-state index contributed by atoms with van der Waals surface area (Å²) in [7, 11) is 0. The van der Waals surface area contributed by atoms with E-state index in [1.807, 2.05) is 11.8 Å². The molecule has 2 N–H and O–H groups in total. The van der Waals surface area contributed by atoms with Crippen molar-refractivity contribution in [3.8, 4) is 0 Å². The maximum atomic E-state index is 11.9. The third-order valence-electron chi connectivity index (χ3n) is 4.90. The molecule has 0 unspecified atom stereocenters. The van der Waals surface area contributed by atoms with Gasteiger partial charge in [-0.25, -0.2) is 0 Å². The van der Waals surface area contributed by atoms with E-state index in [1.54, 1.807) is 0 Å². The largest absolute Gasteiger partial charge is 0.370 e. The van der Waals surface area contributed by atoms with Crippen LogP contribution in [0.15, 0.2) is 24.3 Å². The van der Waals surface area contributed by atoms with Crippen molar-refractivity contribution in [3.63, 3.8) is 0 Å². The second kappa shape index (κ2) is 8.61. The van der Waals surface area contributed by atoms with Crippen LogP contribution in [0.3, 0.4) is 0 Å². The first-order valence-electron chi connectivity index (χ1n) is 9.09. The molecule has 1 aromatic carbocycles. The smallest absolute Gasteiger partial charge is 0.223 e. The maximum absolute atomic E-state index is 11.9. The summed E-state index contributed by atoms with van der Waals surface area (Å²) in [6.45, 7) is 5.23. The molecule has 1 saturated carbocycles. The fourth-order valence-electron chi connectivity index (χ4n) is 3.05. The molecule has 5 nitrogen and oxygen atoms in total. The fourth-order valence-corrected chi connectivity index (χ4v) is 3.96. The van der Waals surface area contributed by atoms with Crippen molar-refractivity contribution in [2.45, 2.75) is 26.3 Å². The minimum absolute atomic E-state index is 0.0266. The molecule has 2 aliphatic rings. The molecular weight excluding hydrogens is 334 g/mol. The van der Waals surface area contributed by atoms with Gasteiger partial charge in [-0.1, -0.05) is 19.1 Å². The van der Waals surface area contributed by atoms with E-state index in [0.717, 1.165) is 25.1 Å². The Bertz CT molecular complexity index is 599. The zero-order valence-corrected chi connectivity index (χ0v) is 15.6. The Morgan fingerprint density at radius 1 is 1.16 bits per heavy atom. The summed E-state index contributed by atoms with van der Waals surface area (Å²) in [5, 5.41) is 5.76. The monoisotopic (exact) mass is 361 g/mol. The number of carbonyl (C=O) groups excluding carboxylic acids is 2. The summed E-state index contributed by atoms with van der Waals surface area (Å²) in [5.41, 5.74) is 2.35. The van der Waals surface area contributed by atoms with E-state index in [0.29, 0.717) is 25.4 Å². The molecule has 0 bridgehead atoms. The van der Waals surface area contributed by atoms with E-state index < -0.39 is 0 Å². The van der Waals surface area contributed by atoms with Gasteiger partial charge in [0.05, 0.1) is 0 Å². The van der Waals surface area contributed by atoms with Gasteiger partial charge in [0.1, 0.15) is 0 Å². The third-order valence-corrected chi connectivity index (χ3v) is 5.84. The van der Waals surface area contributed by atoms with Gasteiger partial charge in [0.2, 0.25) is 11.8 Å². The Kier molecular flexibility index (Phi) is 6.24.